The van der Waals surface area contributed by atoms with Crippen molar-refractivity contribution in [2.75, 3.05) is 59.2 Å². The van der Waals surface area contributed by atoms with E-state index in [0.717, 1.165) is 45.0 Å². The Kier molecular flexibility index (Phi) is 7.95. The third kappa shape index (κ3) is 8.04. The smallest absolute Gasteiger partial charge is 0.422 e. The normalized spacial score (nSPS) is 16.4. The number of morpholine rings is 1. The summed E-state index contributed by atoms with van der Waals surface area (Å²) in [7, 11) is 0. The van der Waals surface area contributed by atoms with Crippen molar-refractivity contribution >= 4 is 0 Å². The van der Waals surface area contributed by atoms with Crippen LogP contribution in [-0.2, 0) is 11.3 Å². The standard InChI is InChI=1S/C17H25F3N2O3/c18-17(19,20)14-25-16-3-1-15(2-4-16)13-22(7-10-23)6-5-21-8-11-24-12-9-21/h1-4,23H,5-14H2. The molecule has 1 aromatic rings. The minimum Gasteiger partial charge on any atom is -0.484 e. The van der Waals surface area contributed by atoms with E-state index in [2.05, 4.69) is 9.80 Å². The Bertz CT molecular complexity index is 491. The molecule has 1 aliphatic heterocycles. The van der Waals surface area contributed by atoms with Crippen LogP contribution < -0.4 is 4.74 Å². The zero-order chi connectivity index (χ0) is 18.1. The number of hydrogen-bond acceptors (Lipinski definition) is 5. The Hall–Kier alpha value is -1.35. The van der Waals surface area contributed by atoms with Crippen LogP contribution >= 0.6 is 0 Å². The first-order chi connectivity index (χ1) is 12.0. The Morgan fingerprint density at radius 3 is 2.40 bits per heavy atom. The Balaban J connectivity index is 1.81. The predicted molar refractivity (Wildman–Crippen MR) is 87.6 cm³/mol. The number of aliphatic hydroxyl groups is 1. The number of alkyl halides is 3. The highest BCUT2D eigenvalue weighted by atomic mass is 19.4. The zero-order valence-corrected chi connectivity index (χ0v) is 14.2. The molecule has 142 valence electrons. The third-order valence-corrected chi connectivity index (χ3v) is 3.98. The number of ether oxygens (including phenoxy) is 2. The van der Waals surface area contributed by atoms with Crippen LogP contribution in [0.15, 0.2) is 24.3 Å². The van der Waals surface area contributed by atoms with E-state index in [-0.39, 0.29) is 12.4 Å². The summed E-state index contributed by atoms with van der Waals surface area (Å²) >= 11 is 0. The van der Waals surface area contributed by atoms with Crippen LogP contribution in [0.25, 0.3) is 0 Å². The maximum absolute atomic E-state index is 12.1. The van der Waals surface area contributed by atoms with Crippen LogP contribution in [0, 0.1) is 0 Å². The van der Waals surface area contributed by atoms with Crippen LogP contribution in [0.2, 0.25) is 0 Å². The first-order valence-corrected chi connectivity index (χ1v) is 8.38. The maximum atomic E-state index is 12.1. The summed E-state index contributed by atoms with van der Waals surface area (Å²) in [4.78, 5) is 4.45. The fourth-order valence-corrected chi connectivity index (χ4v) is 2.63. The molecule has 1 aromatic carbocycles. The van der Waals surface area contributed by atoms with Gasteiger partial charge in [0.05, 0.1) is 19.8 Å². The predicted octanol–water partition coefficient (Wildman–Crippen LogP) is 1.75. The lowest BCUT2D eigenvalue weighted by molar-refractivity contribution is -0.153. The zero-order valence-electron chi connectivity index (χ0n) is 14.2. The minimum atomic E-state index is -4.34. The maximum Gasteiger partial charge on any atom is 0.422 e. The van der Waals surface area contributed by atoms with Gasteiger partial charge >= 0.3 is 6.18 Å². The molecule has 0 amide bonds. The number of halogens is 3. The first kappa shape index (κ1) is 20.0. The Morgan fingerprint density at radius 2 is 1.80 bits per heavy atom. The highest BCUT2D eigenvalue weighted by molar-refractivity contribution is 5.27. The number of nitrogens with zero attached hydrogens (tertiary/aromatic N) is 2. The van der Waals surface area contributed by atoms with Crippen molar-refractivity contribution in [3.05, 3.63) is 29.8 Å². The van der Waals surface area contributed by atoms with Gasteiger partial charge in [0.25, 0.3) is 0 Å². The average molecular weight is 362 g/mol. The molecule has 0 aliphatic carbocycles. The fraction of sp³-hybridized carbons (Fsp3) is 0.647. The van der Waals surface area contributed by atoms with Gasteiger partial charge in [0.2, 0.25) is 0 Å². The molecular weight excluding hydrogens is 337 g/mol. The molecule has 0 radical (unpaired) electrons. The van der Waals surface area contributed by atoms with E-state index >= 15 is 0 Å². The molecule has 1 aliphatic rings. The van der Waals surface area contributed by atoms with Gasteiger partial charge < -0.3 is 14.6 Å². The molecule has 0 unspecified atom stereocenters. The molecule has 1 saturated heterocycles. The molecule has 0 bridgehead atoms. The quantitative estimate of drug-likeness (QED) is 0.725. The van der Waals surface area contributed by atoms with Crippen molar-refractivity contribution in [3.63, 3.8) is 0 Å². The molecule has 0 atom stereocenters. The van der Waals surface area contributed by atoms with Crippen LogP contribution in [0.1, 0.15) is 5.56 Å². The summed E-state index contributed by atoms with van der Waals surface area (Å²) in [5, 5.41) is 9.24. The van der Waals surface area contributed by atoms with Crippen molar-refractivity contribution in [1.29, 1.82) is 0 Å². The van der Waals surface area contributed by atoms with Crippen LogP contribution in [0.4, 0.5) is 13.2 Å². The van der Waals surface area contributed by atoms with E-state index in [0.29, 0.717) is 13.1 Å². The monoisotopic (exact) mass is 362 g/mol. The Morgan fingerprint density at radius 1 is 1.12 bits per heavy atom. The van der Waals surface area contributed by atoms with Crippen LogP contribution in [-0.4, -0.2) is 80.2 Å². The van der Waals surface area contributed by atoms with Gasteiger partial charge in [-0.1, -0.05) is 12.1 Å². The molecule has 1 heterocycles. The second kappa shape index (κ2) is 9.96. The van der Waals surface area contributed by atoms with Gasteiger partial charge in [0.15, 0.2) is 6.61 Å². The highest BCUT2D eigenvalue weighted by Gasteiger charge is 2.28. The lowest BCUT2D eigenvalue weighted by Crippen LogP contribution is -2.41. The number of hydrogen-bond donors (Lipinski definition) is 1. The lowest BCUT2D eigenvalue weighted by atomic mass is 10.2. The first-order valence-electron chi connectivity index (χ1n) is 8.38. The molecule has 0 saturated carbocycles. The van der Waals surface area contributed by atoms with E-state index in [4.69, 9.17) is 9.47 Å². The summed E-state index contributed by atoms with van der Waals surface area (Å²) in [5.41, 5.74) is 0.967. The summed E-state index contributed by atoms with van der Waals surface area (Å²) in [6.45, 7) is 5.00. The van der Waals surface area contributed by atoms with E-state index < -0.39 is 12.8 Å². The summed E-state index contributed by atoms with van der Waals surface area (Å²) in [6.07, 6.45) is -4.34. The topological polar surface area (TPSA) is 45.2 Å². The number of rotatable bonds is 9. The minimum absolute atomic E-state index is 0.0654. The Labute approximate surface area is 145 Å². The molecule has 5 nitrogen and oxygen atoms in total. The van der Waals surface area contributed by atoms with E-state index in [9.17, 15) is 18.3 Å². The molecule has 1 N–H and O–H groups in total. The summed E-state index contributed by atoms with van der Waals surface area (Å²) in [5.74, 6) is 0.197. The van der Waals surface area contributed by atoms with E-state index in [1.54, 1.807) is 24.3 Å². The van der Waals surface area contributed by atoms with Gasteiger partial charge in [0.1, 0.15) is 5.75 Å². The fourth-order valence-electron chi connectivity index (χ4n) is 2.63. The summed E-state index contributed by atoms with van der Waals surface area (Å²) < 4.78 is 46.5. The van der Waals surface area contributed by atoms with Crippen molar-refractivity contribution in [1.82, 2.24) is 9.80 Å². The van der Waals surface area contributed by atoms with Gasteiger partial charge in [-0.15, -0.1) is 0 Å². The molecule has 0 aromatic heterocycles. The van der Waals surface area contributed by atoms with Crippen LogP contribution in [0.5, 0.6) is 5.75 Å². The second-order valence-corrected chi connectivity index (χ2v) is 6.00. The average Bonchev–Trinajstić information content (AvgIpc) is 2.59. The van der Waals surface area contributed by atoms with Crippen LogP contribution in [0.3, 0.4) is 0 Å². The van der Waals surface area contributed by atoms with Gasteiger partial charge in [-0.3, -0.25) is 9.80 Å². The largest absolute Gasteiger partial charge is 0.484 e. The molecule has 25 heavy (non-hydrogen) atoms. The van der Waals surface area contributed by atoms with Crippen molar-refractivity contribution < 1.29 is 27.8 Å². The molecular formula is C17H25F3N2O3. The third-order valence-electron chi connectivity index (χ3n) is 3.98. The molecule has 0 spiro atoms. The number of aliphatic hydroxyl groups excluding tert-OH is 1. The molecule has 2 rings (SSSR count). The van der Waals surface area contributed by atoms with Gasteiger partial charge in [-0.2, -0.15) is 13.2 Å². The van der Waals surface area contributed by atoms with Crippen molar-refractivity contribution in [3.8, 4) is 5.75 Å². The molecule has 1 fully saturated rings. The van der Waals surface area contributed by atoms with E-state index in [1.165, 1.54) is 0 Å². The van der Waals surface area contributed by atoms with Crippen molar-refractivity contribution in [2.45, 2.75) is 12.7 Å². The van der Waals surface area contributed by atoms with Gasteiger partial charge in [-0.05, 0) is 17.7 Å². The number of benzene rings is 1. The van der Waals surface area contributed by atoms with Crippen molar-refractivity contribution in [2.24, 2.45) is 0 Å². The summed E-state index contributed by atoms with van der Waals surface area (Å²) in [6, 6.07) is 6.59. The highest BCUT2D eigenvalue weighted by Crippen LogP contribution is 2.19. The van der Waals surface area contributed by atoms with Gasteiger partial charge in [0, 0.05) is 39.3 Å². The second-order valence-electron chi connectivity index (χ2n) is 6.00. The van der Waals surface area contributed by atoms with Gasteiger partial charge in [-0.25, -0.2) is 0 Å². The lowest BCUT2D eigenvalue weighted by Gasteiger charge is -2.29. The molecule has 8 heteroatoms. The van der Waals surface area contributed by atoms with E-state index in [1.807, 2.05) is 0 Å². The SMILES string of the molecule is OCCN(CCN1CCOCC1)Cc1ccc(OCC(F)(F)F)cc1.